The van der Waals surface area contributed by atoms with Crippen molar-refractivity contribution in [3.05, 3.63) is 23.4 Å². The SMILES string of the molecule is CCC1CC=C(N2CCN(CCN3CCOCC3)CC2)C=C1C. The smallest absolute Gasteiger partial charge is 0.0594 e. The lowest BCUT2D eigenvalue weighted by Crippen LogP contribution is -2.49. The van der Waals surface area contributed by atoms with Gasteiger partial charge in [0, 0.05) is 58.1 Å². The van der Waals surface area contributed by atoms with Crippen molar-refractivity contribution < 1.29 is 4.74 Å². The first-order valence-corrected chi connectivity index (χ1v) is 9.42. The van der Waals surface area contributed by atoms with E-state index in [-0.39, 0.29) is 0 Å². The van der Waals surface area contributed by atoms with Crippen LogP contribution in [0.1, 0.15) is 26.7 Å². The summed E-state index contributed by atoms with van der Waals surface area (Å²) in [6.45, 7) is 15.8. The fraction of sp³-hybridized carbons (Fsp3) is 0.789. The van der Waals surface area contributed by atoms with Crippen LogP contribution in [0.4, 0.5) is 0 Å². The van der Waals surface area contributed by atoms with Crippen LogP contribution in [0.25, 0.3) is 0 Å². The maximum absolute atomic E-state index is 5.42. The van der Waals surface area contributed by atoms with Gasteiger partial charge in [-0.1, -0.05) is 18.6 Å². The molecule has 3 rings (SSSR count). The van der Waals surface area contributed by atoms with Crippen molar-refractivity contribution in [1.29, 1.82) is 0 Å². The molecule has 1 atom stereocenters. The molecule has 2 heterocycles. The number of nitrogens with zero attached hydrogens (tertiary/aromatic N) is 3. The predicted octanol–water partition coefficient (Wildman–Crippen LogP) is 2.20. The Labute approximate surface area is 141 Å². The molecule has 0 spiro atoms. The van der Waals surface area contributed by atoms with Crippen LogP contribution in [0.5, 0.6) is 0 Å². The molecule has 1 unspecified atom stereocenters. The van der Waals surface area contributed by atoms with Gasteiger partial charge >= 0.3 is 0 Å². The van der Waals surface area contributed by atoms with Gasteiger partial charge in [-0.25, -0.2) is 0 Å². The van der Waals surface area contributed by atoms with E-state index in [4.69, 9.17) is 4.74 Å². The van der Waals surface area contributed by atoms with Gasteiger partial charge in [-0.15, -0.1) is 0 Å². The minimum absolute atomic E-state index is 0.772. The minimum atomic E-state index is 0.772. The summed E-state index contributed by atoms with van der Waals surface area (Å²) >= 11 is 0. The molecule has 4 heteroatoms. The summed E-state index contributed by atoms with van der Waals surface area (Å²) in [4.78, 5) is 7.75. The van der Waals surface area contributed by atoms with Crippen LogP contribution in [-0.4, -0.2) is 80.3 Å². The molecule has 0 aromatic heterocycles. The molecule has 1 aliphatic carbocycles. The van der Waals surface area contributed by atoms with E-state index < -0.39 is 0 Å². The largest absolute Gasteiger partial charge is 0.379 e. The van der Waals surface area contributed by atoms with Crippen molar-refractivity contribution in [2.45, 2.75) is 26.7 Å². The summed E-state index contributed by atoms with van der Waals surface area (Å²) in [5.74, 6) is 0.772. The quantitative estimate of drug-likeness (QED) is 0.773. The molecular formula is C19H33N3O. The third kappa shape index (κ3) is 4.59. The second-order valence-electron chi connectivity index (χ2n) is 7.14. The van der Waals surface area contributed by atoms with Gasteiger partial charge in [0.15, 0.2) is 0 Å². The number of rotatable bonds is 5. The maximum Gasteiger partial charge on any atom is 0.0594 e. The molecule has 0 saturated carbocycles. The Bertz CT molecular complexity index is 432. The molecule has 4 nitrogen and oxygen atoms in total. The third-order valence-corrected chi connectivity index (χ3v) is 5.70. The number of morpholine rings is 1. The Morgan fingerprint density at radius 1 is 1.00 bits per heavy atom. The maximum atomic E-state index is 5.42. The highest BCUT2D eigenvalue weighted by Gasteiger charge is 2.21. The first-order chi connectivity index (χ1) is 11.3. The molecule has 3 aliphatic rings. The van der Waals surface area contributed by atoms with Crippen molar-refractivity contribution in [3.8, 4) is 0 Å². The van der Waals surface area contributed by atoms with Crippen LogP contribution in [0, 0.1) is 5.92 Å². The Balaban J connectivity index is 1.41. The zero-order valence-corrected chi connectivity index (χ0v) is 15.0. The van der Waals surface area contributed by atoms with Gasteiger partial charge in [-0.05, 0) is 31.8 Å². The summed E-state index contributed by atoms with van der Waals surface area (Å²) in [7, 11) is 0. The van der Waals surface area contributed by atoms with Crippen LogP contribution >= 0.6 is 0 Å². The zero-order chi connectivity index (χ0) is 16.1. The summed E-state index contributed by atoms with van der Waals surface area (Å²) in [6.07, 6.45) is 7.39. The Morgan fingerprint density at radius 2 is 1.65 bits per heavy atom. The number of hydrogen-bond acceptors (Lipinski definition) is 4. The normalized spacial score (nSPS) is 27.7. The molecule has 23 heavy (non-hydrogen) atoms. The highest BCUT2D eigenvalue weighted by molar-refractivity contribution is 5.28. The molecule has 0 N–H and O–H groups in total. The first kappa shape index (κ1) is 17.0. The van der Waals surface area contributed by atoms with Crippen molar-refractivity contribution in [3.63, 3.8) is 0 Å². The molecule has 0 radical (unpaired) electrons. The molecule has 0 aromatic rings. The standard InChI is InChI=1S/C19H33N3O/c1-3-18-4-5-19(16-17(18)2)22-10-8-20(9-11-22)6-7-21-12-14-23-15-13-21/h5,16,18H,3-4,6-15H2,1-2H3. The van der Waals surface area contributed by atoms with Gasteiger partial charge < -0.3 is 9.64 Å². The van der Waals surface area contributed by atoms with E-state index in [0.29, 0.717) is 0 Å². The summed E-state index contributed by atoms with van der Waals surface area (Å²) in [6, 6.07) is 0. The molecule has 2 fully saturated rings. The van der Waals surface area contributed by atoms with Gasteiger partial charge in [0.1, 0.15) is 0 Å². The van der Waals surface area contributed by atoms with Crippen LogP contribution in [0.2, 0.25) is 0 Å². The van der Waals surface area contributed by atoms with E-state index in [2.05, 4.69) is 40.7 Å². The van der Waals surface area contributed by atoms with Gasteiger partial charge in [0.05, 0.1) is 13.2 Å². The van der Waals surface area contributed by atoms with Crippen LogP contribution in [0.3, 0.4) is 0 Å². The van der Waals surface area contributed by atoms with Crippen LogP contribution in [0.15, 0.2) is 23.4 Å². The van der Waals surface area contributed by atoms with E-state index in [0.717, 1.165) is 32.2 Å². The lowest BCUT2D eigenvalue weighted by atomic mass is 9.89. The molecule has 0 amide bonds. The second-order valence-corrected chi connectivity index (χ2v) is 7.14. The zero-order valence-electron chi connectivity index (χ0n) is 15.0. The number of allylic oxidation sites excluding steroid dienone is 3. The first-order valence-electron chi connectivity index (χ1n) is 9.42. The number of hydrogen-bond donors (Lipinski definition) is 0. The fourth-order valence-corrected chi connectivity index (χ4v) is 3.91. The van der Waals surface area contributed by atoms with Crippen molar-refractivity contribution in [1.82, 2.24) is 14.7 Å². The Kier molecular flexibility index (Phi) is 6.15. The lowest BCUT2D eigenvalue weighted by Gasteiger charge is -2.39. The Morgan fingerprint density at radius 3 is 2.26 bits per heavy atom. The molecule has 0 aromatic carbocycles. The van der Waals surface area contributed by atoms with Crippen LogP contribution < -0.4 is 0 Å². The van der Waals surface area contributed by atoms with E-state index in [1.54, 1.807) is 5.57 Å². The Hall–Kier alpha value is -0.840. The topological polar surface area (TPSA) is 19.0 Å². The van der Waals surface area contributed by atoms with Gasteiger partial charge in [-0.2, -0.15) is 0 Å². The lowest BCUT2D eigenvalue weighted by molar-refractivity contribution is 0.0309. The molecule has 2 aliphatic heterocycles. The fourth-order valence-electron chi connectivity index (χ4n) is 3.91. The van der Waals surface area contributed by atoms with Gasteiger partial charge in [0.25, 0.3) is 0 Å². The van der Waals surface area contributed by atoms with Crippen molar-refractivity contribution in [2.24, 2.45) is 5.92 Å². The molecular weight excluding hydrogens is 286 g/mol. The summed E-state index contributed by atoms with van der Waals surface area (Å²) in [5, 5.41) is 0. The van der Waals surface area contributed by atoms with E-state index >= 15 is 0 Å². The van der Waals surface area contributed by atoms with E-state index in [9.17, 15) is 0 Å². The second kappa shape index (κ2) is 8.32. The average molecular weight is 319 g/mol. The predicted molar refractivity (Wildman–Crippen MR) is 95.5 cm³/mol. The molecule has 2 saturated heterocycles. The third-order valence-electron chi connectivity index (χ3n) is 5.70. The summed E-state index contributed by atoms with van der Waals surface area (Å²) in [5.41, 5.74) is 3.04. The highest BCUT2D eigenvalue weighted by atomic mass is 16.5. The highest BCUT2D eigenvalue weighted by Crippen LogP contribution is 2.28. The molecule has 0 bridgehead atoms. The number of ether oxygens (including phenoxy) is 1. The minimum Gasteiger partial charge on any atom is -0.379 e. The monoisotopic (exact) mass is 319 g/mol. The number of piperazine rings is 1. The van der Waals surface area contributed by atoms with E-state index in [1.165, 1.54) is 57.8 Å². The molecule has 130 valence electrons. The van der Waals surface area contributed by atoms with Crippen LogP contribution in [-0.2, 0) is 4.74 Å². The van der Waals surface area contributed by atoms with Gasteiger partial charge in [0.2, 0.25) is 0 Å². The van der Waals surface area contributed by atoms with Crippen molar-refractivity contribution in [2.75, 3.05) is 65.6 Å². The van der Waals surface area contributed by atoms with Gasteiger partial charge in [-0.3, -0.25) is 9.80 Å². The van der Waals surface area contributed by atoms with E-state index in [1.807, 2.05) is 0 Å². The van der Waals surface area contributed by atoms with Crippen molar-refractivity contribution >= 4 is 0 Å². The average Bonchev–Trinajstić information content (AvgIpc) is 2.61. The summed E-state index contributed by atoms with van der Waals surface area (Å²) < 4.78 is 5.42.